The second kappa shape index (κ2) is 4.09. The third kappa shape index (κ3) is 4.13. The maximum atomic E-state index is 10.7. The van der Waals surface area contributed by atoms with Gasteiger partial charge in [-0.1, -0.05) is 13.5 Å². The number of Topliss-reactive ketones (excluding diaryl/α,β-unsaturated/α-hetero) is 1. The van der Waals surface area contributed by atoms with Crippen LogP contribution in [0.4, 0.5) is 0 Å². The molecule has 0 aromatic rings. The van der Waals surface area contributed by atoms with Crippen LogP contribution in [0.5, 0.6) is 0 Å². The summed E-state index contributed by atoms with van der Waals surface area (Å²) in [4.78, 5) is 10.7. The van der Waals surface area contributed by atoms with Crippen molar-refractivity contribution in [1.29, 1.82) is 0 Å². The van der Waals surface area contributed by atoms with Crippen LogP contribution in [0.1, 0.15) is 26.7 Å². The number of allylic oxidation sites excluding steroid dienone is 1. The van der Waals surface area contributed by atoms with E-state index in [-0.39, 0.29) is 11.7 Å². The van der Waals surface area contributed by atoms with Crippen LogP contribution < -0.4 is 5.73 Å². The normalized spacial score (nSPS) is 12.6. The maximum Gasteiger partial charge on any atom is 0.132 e. The molecule has 0 heterocycles. The zero-order chi connectivity index (χ0) is 8.15. The molecule has 0 saturated carbocycles. The van der Waals surface area contributed by atoms with Crippen molar-refractivity contribution in [2.75, 3.05) is 0 Å². The molecule has 0 aromatic carbocycles. The first kappa shape index (κ1) is 9.21. The molecular formula is C8H15NO. The Morgan fingerprint density at radius 1 is 1.70 bits per heavy atom. The van der Waals surface area contributed by atoms with Gasteiger partial charge in [0.05, 0.1) is 0 Å². The highest BCUT2D eigenvalue weighted by Gasteiger charge is 2.06. The first-order valence-electron chi connectivity index (χ1n) is 3.47. The molecule has 58 valence electrons. The van der Waals surface area contributed by atoms with E-state index in [0.717, 1.165) is 12.8 Å². The summed E-state index contributed by atoms with van der Waals surface area (Å²) < 4.78 is 0. The van der Waals surface area contributed by atoms with Gasteiger partial charge in [0, 0.05) is 11.6 Å². The van der Waals surface area contributed by atoms with Crippen LogP contribution in [0, 0.1) is 5.92 Å². The Kier molecular flexibility index (Phi) is 3.77. The first-order valence-corrected chi connectivity index (χ1v) is 3.47. The van der Waals surface area contributed by atoms with Crippen molar-refractivity contribution in [2.24, 2.45) is 11.7 Å². The largest absolute Gasteiger partial charge is 0.403 e. The quantitative estimate of drug-likeness (QED) is 0.644. The smallest absolute Gasteiger partial charge is 0.132 e. The van der Waals surface area contributed by atoms with Gasteiger partial charge >= 0.3 is 0 Å². The van der Waals surface area contributed by atoms with E-state index >= 15 is 0 Å². The number of carbonyl (C=O) groups excluding carboxylic acids is 1. The third-order valence-electron chi connectivity index (χ3n) is 1.59. The van der Waals surface area contributed by atoms with Crippen molar-refractivity contribution in [2.45, 2.75) is 26.7 Å². The summed E-state index contributed by atoms with van der Waals surface area (Å²) in [6.07, 6.45) is 1.57. The van der Waals surface area contributed by atoms with Crippen LogP contribution in [0.3, 0.4) is 0 Å². The molecule has 0 unspecified atom stereocenters. The monoisotopic (exact) mass is 141 g/mol. The van der Waals surface area contributed by atoms with Crippen LogP contribution in [-0.4, -0.2) is 5.78 Å². The lowest BCUT2D eigenvalue weighted by atomic mass is 10.0. The number of hydrogen-bond acceptors (Lipinski definition) is 2. The van der Waals surface area contributed by atoms with E-state index in [1.54, 1.807) is 6.92 Å². The molecule has 2 heteroatoms. The highest BCUT2D eigenvalue weighted by Crippen LogP contribution is 2.08. The third-order valence-corrected chi connectivity index (χ3v) is 1.59. The average Bonchev–Trinajstić information content (AvgIpc) is 1.82. The summed E-state index contributed by atoms with van der Waals surface area (Å²) in [5.41, 5.74) is 6.00. The van der Waals surface area contributed by atoms with Gasteiger partial charge in [0.2, 0.25) is 0 Å². The fraction of sp³-hybridized carbons (Fsp3) is 0.625. The molecule has 0 amide bonds. The SMILES string of the molecule is C=C(N)CC[C@H](C)C(C)=O. The predicted molar refractivity (Wildman–Crippen MR) is 42.4 cm³/mol. The summed E-state index contributed by atoms with van der Waals surface area (Å²) in [5, 5.41) is 0. The number of rotatable bonds is 4. The zero-order valence-corrected chi connectivity index (χ0v) is 6.68. The van der Waals surface area contributed by atoms with E-state index < -0.39 is 0 Å². The molecule has 0 aliphatic carbocycles. The molecule has 0 aromatic heterocycles. The van der Waals surface area contributed by atoms with E-state index in [2.05, 4.69) is 6.58 Å². The molecule has 0 aliphatic rings. The predicted octanol–water partition coefficient (Wildman–Crippen LogP) is 1.46. The van der Waals surface area contributed by atoms with Gasteiger partial charge in [-0.05, 0) is 19.8 Å². The average molecular weight is 141 g/mol. The van der Waals surface area contributed by atoms with Crippen LogP contribution in [0.25, 0.3) is 0 Å². The minimum atomic E-state index is 0.125. The van der Waals surface area contributed by atoms with Crippen molar-refractivity contribution < 1.29 is 4.79 Å². The first-order chi connectivity index (χ1) is 4.54. The zero-order valence-electron chi connectivity index (χ0n) is 6.68. The fourth-order valence-electron chi connectivity index (χ4n) is 0.605. The Bertz CT molecular complexity index is 140. The molecule has 2 N–H and O–H groups in total. The molecule has 0 spiro atoms. The van der Waals surface area contributed by atoms with Crippen LogP contribution in [-0.2, 0) is 4.79 Å². The highest BCUT2D eigenvalue weighted by molar-refractivity contribution is 5.77. The number of ketones is 1. The molecule has 1 atom stereocenters. The second-order valence-electron chi connectivity index (χ2n) is 2.71. The summed E-state index contributed by atoms with van der Waals surface area (Å²) in [6.45, 7) is 7.06. The number of carbonyl (C=O) groups is 1. The number of nitrogens with two attached hydrogens (primary N) is 1. The Balaban J connectivity index is 3.49. The van der Waals surface area contributed by atoms with Crippen molar-refractivity contribution >= 4 is 5.78 Å². The molecule has 0 fully saturated rings. The van der Waals surface area contributed by atoms with Gasteiger partial charge in [-0.3, -0.25) is 4.79 Å². The maximum absolute atomic E-state index is 10.7. The number of hydrogen-bond donors (Lipinski definition) is 1. The van der Waals surface area contributed by atoms with Crippen molar-refractivity contribution in [1.82, 2.24) is 0 Å². The minimum Gasteiger partial charge on any atom is -0.403 e. The topological polar surface area (TPSA) is 43.1 Å². The van der Waals surface area contributed by atoms with E-state index in [0.29, 0.717) is 5.70 Å². The van der Waals surface area contributed by atoms with Gasteiger partial charge in [0.1, 0.15) is 5.78 Å². The highest BCUT2D eigenvalue weighted by atomic mass is 16.1. The summed E-state index contributed by atoms with van der Waals surface area (Å²) in [6, 6.07) is 0. The summed E-state index contributed by atoms with van der Waals surface area (Å²) in [5.74, 6) is 0.349. The Labute approximate surface area is 62.1 Å². The molecule has 0 saturated heterocycles. The molecule has 2 nitrogen and oxygen atoms in total. The van der Waals surface area contributed by atoms with Gasteiger partial charge in [0.25, 0.3) is 0 Å². The minimum absolute atomic E-state index is 0.125. The van der Waals surface area contributed by atoms with Gasteiger partial charge in [-0.2, -0.15) is 0 Å². The van der Waals surface area contributed by atoms with E-state index in [1.807, 2.05) is 6.92 Å². The summed E-state index contributed by atoms with van der Waals surface area (Å²) >= 11 is 0. The van der Waals surface area contributed by atoms with Gasteiger partial charge in [0.15, 0.2) is 0 Å². The molecule has 0 rings (SSSR count). The standard InChI is InChI=1S/C8H15NO/c1-6(8(3)10)4-5-7(2)9/h6H,2,4-5,9H2,1,3H3/t6-/m0/s1. The van der Waals surface area contributed by atoms with E-state index in [4.69, 9.17) is 5.73 Å². The Morgan fingerprint density at radius 3 is 2.50 bits per heavy atom. The van der Waals surface area contributed by atoms with Gasteiger partial charge in [-0.15, -0.1) is 0 Å². The van der Waals surface area contributed by atoms with Crippen LogP contribution in [0.15, 0.2) is 12.3 Å². The van der Waals surface area contributed by atoms with Crippen molar-refractivity contribution in [3.8, 4) is 0 Å². The lowest BCUT2D eigenvalue weighted by Gasteiger charge is -2.05. The van der Waals surface area contributed by atoms with Gasteiger partial charge in [-0.25, -0.2) is 0 Å². The molecule has 0 aliphatic heterocycles. The Hall–Kier alpha value is -0.790. The van der Waals surface area contributed by atoms with Crippen molar-refractivity contribution in [3.05, 3.63) is 12.3 Å². The molecule has 0 radical (unpaired) electrons. The lowest BCUT2D eigenvalue weighted by molar-refractivity contribution is -0.120. The van der Waals surface area contributed by atoms with E-state index in [1.165, 1.54) is 0 Å². The summed E-state index contributed by atoms with van der Waals surface area (Å²) in [7, 11) is 0. The molecular weight excluding hydrogens is 126 g/mol. The van der Waals surface area contributed by atoms with Crippen LogP contribution in [0.2, 0.25) is 0 Å². The Morgan fingerprint density at radius 2 is 2.20 bits per heavy atom. The van der Waals surface area contributed by atoms with Crippen molar-refractivity contribution in [3.63, 3.8) is 0 Å². The lowest BCUT2D eigenvalue weighted by Crippen LogP contribution is -2.07. The second-order valence-corrected chi connectivity index (χ2v) is 2.71. The molecule has 10 heavy (non-hydrogen) atoms. The van der Waals surface area contributed by atoms with Gasteiger partial charge < -0.3 is 5.73 Å². The van der Waals surface area contributed by atoms with E-state index in [9.17, 15) is 4.79 Å². The molecule has 0 bridgehead atoms. The fourth-order valence-corrected chi connectivity index (χ4v) is 0.605. The van der Waals surface area contributed by atoms with Crippen LogP contribution >= 0.6 is 0 Å².